The summed E-state index contributed by atoms with van der Waals surface area (Å²) in [7, 11) is 0. The highest BCUT2D eigenvalue weighted by molar-refractivity contribution is 8.00. The number of thioether (sulfide) groups is 1. The molecule has 0 aromatic carbocycles. The van der Waals surface area contributed by atoms with Gasteiger partial charge < -0.3 is 14.9 Å². The van der Waals surface area contributed by atoms with Crippen molar-refractivity contribution >= 4 is 29.5 Å². The summed E-state index contributed by atoms with van der Waals surface area (Å²) in [6.07, 6.45) is -0.198. The Hall–Kier alpha value is -1.31. The van der Waals surface area contributed by atoms with Crippen LogP contribution >= 0.6 is 11.8 Å². The maximum Gasteiger partial charge on any atom is 0.343 e. The van der Waals surface area contributed by atoms with Crippen LogP contribution in [0.5, 0.6) is 0 Å². The summed E-state index contributed by atoms with van der Waals surface area (Å²) in [5.41, 5.74) is -2.35. The highest BCUT2D eigenvalue weighted by Crippen LogP contribution is 2.26. The first-order valence-electron chi connectivity index (χ1n) is 5.48. The number of hydrogen-bond acceptors (Lipinski definition) is 4. The second-order valence-corrected chi connectivity index (χ2v) is 5.36. The number of hydrogen-bond donors (Lipinski definition) is 1. The zero-order chi connectivity index (χ0) is 13.3. The van der Waals surface area contributed by atoms with E-state index in [4.69, 9.17) is 5.11 Å². The van der Waals surface area contributed by atoms with E-state index >= 15 is 0 Å². The Morgan fingerprint density at radius 1 is 1.50 bits per heavy atom. The van der Waals surface area contributed by atoms with E-state index in [0.717, 1.165) is 0 Å². The van der Waals surface area contributed by atoms with Crippen LogP contribution in [0.3, 0.4) is 0 Å². The van der Waals surface area contributed by atoms with Gasteiger partial charge >= 0.3 is 5.97 Å². The molecule has 2 amide bonds. The molecule has 1 N–H and O–H groups in total. The van der Waals surface area contributed by atoms with Crippen molar-refractivity contribution < 1.29 is 23.9 Å². The molecule has 2 aliphatic rings. The minimum absolute atomic E-state index is 0.0802. The van der Waals surface area contributed by atoms with Crippen LogP contribution in [0.25, 0.3) is 0 Å². The van der Waals surface area contributed by atoms with E-state index < -0.39 is 24.1 Å². The summed E-state index contributed by atoms with van der Waals surface area (Å²) in [5, 5.41) is 8.72. The molecule has 1 unspecified atom stereocenters. The summed E-state index contributed by atoms with van der Waals surface area (Å²) >= 11 is 1.42. The summed E-state index contributed by atoms with van der Waals surface area (Å²) < 4.78 is 13.8. The number of rotatable bonds is 3. The fourth-order valence-electron chi connectivity index (χ4n) is 1.96. The molecule has 6 nitrogen and oxygen atoms in total. The van der Waals surface area contributed by atoms with E-state index in [1.165, 1.54) is 21.6 Å². The molecule has 2 rings (SSSR count). The van der Waals surface area contributed by atoms with Gasteiger partial charge in [0.05, 0.1) is 18.2 Å². The number of carboxylic acid groups (broad SMARTS) is 1. The number of aliphatic carboxylic acids is 1. The van der Waals surface area contributed by atoms with Crippen molar-refractivity contribution in [2.24, 2.45) is 0 Å². The van der Waals surface area contributed by atoms with E-state index in [1.807, 2.05) is 0 Å². The van der Waals surface area contributed by atoms with E-state index in [9.17, 15) is 18.8 Å². The van der Waals surface area contributed by atoms with Crippen LogP contribution in [-0.2, 0) is 14.4 Å². The van der Waals surface area contributed by atoms with Crippen molar-refractivity contribution in [1.29, 1.82) is 0 Å². The van der Waals surface area contributed by atoms with Gasteiger partial charge in [-0.3, -0.25) is 9.59 Å². The summed E-state index contributed by atoms with van der Waals surface area (Å²) in [4.78, 5) is 36.4. The molecule has 0 aromatic heterocycles. The van der Waals surface area contributed by atoms with E-state index in [0.29, 0.717) is 11.6 Å². The summed E-state index contributed by atoms with van der Waals surface area (Å²) in [6, 6.07) is 0. The highest BCUT2D eigenvalue weighted by atomic mass is 32.2. The van der Waals surface area contributed by atoms with Crippen molar-refractivity contribution in [3.63, 3.8) is 0 Å². The summed E-state index contributed by atoms with van der Waals surface area (Å²) in [6.45, 7) is -0.450. The fourth-order valence-corrected chi connectivity index (χ4v) is 2.87. The third-order valence-corrected chi connectivity index (χ3v) is 4.05. The molecule has 0 bridgehead atoms. The molecule has 0 spiro atoms. The molecule has 1 atom stereocenters. The number of nitrogens with zero attached hydrogens (tertiary/aromatic N) is 2. The Kier molecular flexibility index (Phi) is 3.47. The van der Waals surface area contributed by atoms with Crippen molar-refractivity contribution in [1.82, 2.24) is 9.80 Å². The van der Waals surface area contributed by atoms with Gasteiger partial charge in [-0.1, -0.05) is 0 Å². The van der Waals surface area contributed by atoms with Crippen LogP contribution in [0.15, 0.2) is 0 Å². The molecular weight excluding hydrogens is 263 g/mol. The molecule has 2 heterocycles. The fraction of sp³-hybridized carbons (Fsp3) is 0.700. The largest absolute Gasteiger partial charge is 0.479 e. The maximum absolute atomic E-state index is 13.8. The van der Waals surface area contributed by atoms with Gasteiger partial charge in [0.15, 0.2) is 0 Å². The Morgan fingerprint density at radius 2 is 2.22 bits per heavy atom. The van der Waals surface area contributed by atoms with Gasteiger partial charge in [-0.15, -0.1) is 11.8 Å². The smallest absolute Gasteiger partial charge is 0.343 e. The third-order valence-electron chi connectivity index (χ3n) is 3.11. The number of likely N-dealkylation sites (tertiary alicyclic amines) is 1. The topological polar surface area (TPSA) is 77.9 Å². The van der Waals surface area contributed by atoms with Crippen LogP contribution in [0, 0.1) is 0 Å². The van der Waals surface area contributed by atoms with Gasteiger partial charge in [0.2, 0.25) is 17.5 Å². The van der Waals surface area contributed by atoms with Gasteiger partial charge in [0.25, 0.3) is 0 Å². The lowest BCUT2D eigenvalue weighted by Crippen LogP contribution is -2.43. The van der Waals surface area contributed by atoms with E-state index in [-0.39, 0.29) is 25.4 Å². The maximum atomic E-state index is 13.8. The molecular formula is C10H13FN2O4S. The normalized spacial score (nSPS) is 27.9. The zero-order valence-corrected chi connectivity index (χ0v) is 10.4. The molecule has 18 heavy (non-hydrogen) atoms. The Labute approximate surface area is 107 Å². The minimum atomic E-state index is -2.35. The molecule has 0 saturated carbocycles. The van der Waals surface area contributed by atoms with E-state index in [2.05, 4.69) is 0 Å². The van der Waals surface area contributed by atoms with Crippen LogP contribution in [0.4, 0.5) is 4.39 Å². The SMILES string of the molecule is O=C1CSCN1CC(=O)N1CCC(F)(C(=O)O)C1. The molecule has 0 aliphatic carbocycles. The lowest BCUT2D eigenvalue weighted by molar-refractivity contribution is -0.150. The first-order valence-corrected chi connectivity index (χ1v) is 6.63. The molecule has 0 aromatic rings. The van der Waals surface area contributed by atoms with Crippen molar-refractivity contribution in [3.05, 3.63) is 0 Å². The number of amides is 2. The number of halogens is 1. The van der Waals surface area contributed by atoms with Gasteiger partial charge in [0, 0.05) is 13.0 Å². The van der Waals surface area contributed by atoms with Gasteiger partial charge in [0.1, 0.15) is 6.54 Å². The van der Waals surface area contributed by atoms with Crippen molar-refractivity contribution in [2.75, 3.05) is 31.3 Å². The van der Waals surface area contributed by atoms with Crippen molar-refractivity contribution in [2.45, 2.75) is 12.1 Å². The number of carbonyl (C=O) groups excluding carboxylic acids is 2. The predicted octanol–water partition coefficient (Wildman–Crippen LogP) is -0.456. The predicted molar refractivity (Wildman–Crippen MR) is 61.7 cm³/mol. The molecule has 2 saturated heterocycles. The molecule has 8 heteroatoms. The number of carboxylic acids is 1. The quantitative estimate of drug-likeness (QED) is 0.755. The van der Waals surface area contributed by atoms with Gasteiger partial charge in [-0.2, -0.15) is 0 Å². The lowest BCUT2D eigenvalue weighted by atomic mass is 10.1. The molecule has 0 radical (unpaired) electrons. The van der Waals surface area contributed by atoms with Gasteiger partial charge in [-0.25, -0.2) is 9.18 Å². The van der Waals surface area contributed by atoms with E-state index in [1.54, 1.807) is 0 Å². The first kappa shape index (κ1) is 13.1. The second-order valence-electron chi connectivity index (χ2n) is 4.41. The van der Waals surface area contributed by atoms with Crippen LogP contribution in [0.1, 0.15) is 6.42 Å². The standard InChI is InChI=1S/C10H13FN2O4S/c11-10(9(16)17)1-2-12(5-10)7(14)3-13-6-18-4-8(13)15/h1-6H2,(H,16,17). The average Bonchev–Trinajstić information content (AvgIpc) is 2.87. The second kappa shape index (κ2) is 4.75. The summed E-state index contributed by atoms with van der Waals surface area (Å²) in [5.74, 6) is -1.23. The van der Waals surface area contributed by atoms with Crippen molar-refractivity contribution in [3.8, 4) is 0 Å². The zero-order valence-electron chi connectivity index (χ0n) is 9.60. The molecule has 2 aliphatic heterocycles. The lowest BCUT2D eigenvalue weighted by Gasteiger charge is -2.21. The average molecular weight is 276 g/mol. The number of alkyl halides is 1. The Balaban J connectivity index is 1.91. The molecule has 100 valence electrons. The monoisotopic (exact) mass is 276 g/mol. The Morgan fingerprint density at radius 3 is 2.72 bits per heavy atom. The third kappa shape index (κ3) is 2.43. The van der Waals surface area contributed by atoms with Gasteiger partial charge in [-0.05, 0) is 0 Å². The molecule has 2 fully saturated rings. The van der Waals surface area contributed by atoms with Crippen LogP contribution in [0.2, 0.25) is 0 Å². The highest BCUT2D eigenvalue weighted by Gasteiger charge is 2.47. The Bertz CT molecular complexity index is 405. The van der Waals surface area contributed by atoms with Crippen LogP contribution < -0.4 is 0 Å². The minimum Gasteiger partial charge on any atom is -0.479 e. The van der Waals surface area contributed by atoms with Crippen LogP contribution in [-0.4, -0.2) is 69.6 Å². The first-order chi connectivity index (χ1) is 8.42. The number of carbonyl (C=O) groups is 3.